The maximum atomic E-state index is 12.8. The van der Waals surface area contributed by atoms with Crippen LogP contribution < -0.4 is 10.2 Å². The van der Waals surface area contributed by atoms with Crippen molar-refractivity contribution in [3.05, 3.63) is 60.7 Å². The zero-order valence-corrected chi connectivity index (χ0v) is 18.0. The molecular formula is C24H20N6O4. The number of aromatic nitrogens is 3. The molecular weight excluding hydrogens is 436 g/mol. The monoisotopic (exact) mass is 456 g/mol. The number of carbonyl (C=O) groups excluding carboxylic acids is 1. The number of anilines is 2. The number of nitriles is 1. The molecule has 4 heterocycles. The van der Waals surface area contributed by atoms with Gasteiger partial charge < -0.3 is 24.2 Å². The molecule has 10 heteroatoms. The molecule has 1 aromatic carbocycles. The minimum atomic E-state index is -0.194. The summed E-state index contributed by atoms with van der Waals surface area (Å²) in [5.74, 6) is 1.39. The van der Waals surface area contributed by atoms with Crippen LogP contribution in [-0.2, 0) is 4.79 Å². The van der Waals surface area contributed by atoms with Crippen LogP contribution in [0.25, 0.3) is 23.0 Å². The number of carbonyl (C=O) groups is 1. The van der Waals surface area contributed by atoms with Crippen LogP contribution in [0.15, 0.2) is 63.9 Å². The number of amides is 1. The van der Waals surface area contributed by atoms with Gasteiger partial charge in [-0.25, -0.2) is 9.97 Å². The number of rotatable bonds is 5. The highest BCUT2D eigenvalue weighted by atomic mass is 16.4. The van der Waals surface area contributed by atoms with Crippen molar-refractivity contribution in [3.63, 3.8) is 0 Å². The average Bonchev–Trinajstić information content (AvgIpc) is 3.55. The second kappa shape index (κ2) is 9.07. The van der Waals surface area contributed by atoms with Crippen molar-refractivity contribution < 1.29 is 18.7 Å². The Balaban J connectivity index is 1.20. The van der Waals surface area contributed by atoms with Crippen LogP contribution in [0.2, 0.25) is 0 Å². The third-order valence-electron chi connectivity index (χ3n) is 5.62. The number of hydrogen-bond acceptors (Lipinski definition) is 9. The van der Waals surface area contributed by atoms with Crippen molar-refractivity contribution in [2.45, 2.75) is 12.8 Å². The van der Waals surface area contributed by atoms with Crippen molar-refractivity contribution >= 4 is 17.5 Å². The standard InChI is InChI=1S/C24H20N6O4/c25-12-19-24(34-23(29-19)20-5-2-10-33-20)30-8-6-15(7-9-30)22(32)28-17-13-26-21(27-14-17)16-3-1-4-18(31)11-16/h1-5,10-11,13-15,31H,6-9H2,(H,28,32). The Kier molecular flexibility index (Phi) is 5.66. The summed E-state index contributed by atoms with van der Waals surface area (Å²) in [6.45, 7) is 1.10. The van der Waals surface area contributed by atoms with Gasteiger partial charge in [0, 0.05) is 24.6 Å². The number of aromatic hydroxyl groups is 1. The van der Waals surface area contributed by atoms with Gasteiger partial charge in [-0.2, -0.15) is 10.2 Å². The summed E-state index contributed by atoms with van der Waals surface area (Å²) in [6.07, 6.45) is 5.79. The van der Waals surface area contributed by atoms with E-state index in [1.807, 2.05) is 4.90 Å². The summed E-state index contributed by atoms with van der Waals surface area (Å²) >= 11 is 0. The molecule has 170 valence electrons. The van der Waals surface area contributed by atoms with E-state index in [1.165, 1.54) is 6.26 Å². The van der Waals surface area contributed by atoms with Crippen LogP contribution in [0, 0.1) is 17.2 Å². The molecule has 1 saturated heterocycles. The number of hydrogen-bond donors (Lipinski definition) is 2. The molecule has 1 aliphatic rings. The summed E-state index contributed by atoms with van der Waals surface area (Å²) in [5.41, 5.74) is 1.38. The van der Waals surface area contributed by atoms with Crippen molar-refractivity contribution in [1.29, 1.82) is 5.26 Å². The minimum Gasteiger partial charge on any atom is -0.508 e. The molecule has 4 aromatic rings. The van der Waals surface area contributed by atoms with Gasteiger partial charge in [-0.3, -0.25) is 4.79 Å². The summed E-state index contributed by atoms with van der Waals surface area (Å²) in [6, 6.07) is 12.2. The van der Waals surface area contributed by atoms with Crippen LogP contribution >= 0.6 is 0 Å². The number of nitrogens with one attached hydrogen (secondary N) is 1. The fourth-order valence-corrected chi connectivity index (χ4v) is 3.88. The molecule has 3 aromatic heterocycles. The summed E-state index contributed by atoms with van der Waals surface area (Å²) in [5, 5.41) is 21.9. The second-order valence-corrected chi connectivity index (χ2v) is 7.86. The lowest BCUT2D eigenvalue weighted by Crippen LogP contribution is -2.38. The maximum absolute atomic E-state index is 12.8. The first-order valence-corrected chi connectivity index (χ1v) is 10.7. The molecule has 0 bridgehead atoms. The Labute approximate surface area is 194 Å². The fraction of sp³-hybridized carbons (Fsp3) is 0.208. The van der Waals surface area contributed by atoms with Gasteiger partial charge in [0.15, 0.2) is 11.6 Å². The van der Waals surface area contributed by atoms with Gasteiger partial charge in [0.05, 0.1) is 24.3 Å². The third kappa shape index (κ3) is 4.31. The number of phenolic OH excluding ortho intramolecular Hbond substituents is 1. The van der Waals surface area contributed by atoms with Gasteiger partial charge >= 0.3 is 0 Å². The second-order valence-electron chi connectivity index (χ2n) is 7.86. The SMILES string of the molecule is N#Cc1nc(-c2ccco2)oc1N1CCC(C(=O)Nc2cnc(-c3cccc(O)c3)nc2)CC1. The lowest BCUT2D eigenvalue weighted by molar-refractivity contribution is -0.120. The zero-order valence-electron chi connectivity index (χ0n) is 18.0. The lowest BCUT2D eigenvalue weighted by Gasteiger charge is -2.30. The Morgan fingerprint density at radius 1 is 1.18 bits per heavy atom. The first-order chi connectivity index (χ1) is 16.6. The van der Waals surface area contributed by atoms with Crippen molar-refractivity contribution in [1.82, 2.24) is 15.0 Å². The van der Waals surface area contributed by atoms with E-state index in [0.29, 0.717) is 54.7 Å². The number of benzene rings is 1. The largest absolute Gasteiger partial charge is 0.508 e. The Hall–Kier alpha value is -4.65. The number of oxazole rings is 1. The van der Waals surface area contributed by atoms with E-state index < -0.39 is 0 Å². The highest BCUT2D eigenvalue weighted by Crippen LogP contribution is 2.31. The quantitative estimate of drug-likeness (QED) is 0.458. The number of phenols is 1. The van der Waals surface area contributed by atoms with Crippen molar-refractivity contribution in [3.8, 4) is 34.9 Å². The molecule has 0 saturated carbocycles. The Morgan fingerprint density at radius 2 is 1.97 bits per heavy atom. The molecule has 0 spiro atoms. The molecule has 0 atom stereocenters. The smallest absolute Gasteiger partial charge is 0.266 e. The summed E-state index contributed by atoms with van der Waals surface area (Å²) in [7, 11) is 0. The number of furan rings is 1. The molecule has 0 unspecified atom stereocenters. The number of piperidine rings is 1. The molecule has 2 N–H and O–H groups in total. The van der Waals surface area contributed by atoms with E-state index in [0.717, 1.165) is 0 Å². The van der Waals surface area contributed by atoms with Gasteiger partial charge in [-0.1, -0.05) is 12.1 Å². The molecule has 1 fully saturated rings. The lowest BCUT2D eigenvalue weighted by atomic mass is 9.96. The van der Waals surface area contributed by atoms with Gasteiger partial charge in [0.25, 0.3) is 5.89 Å². The van der Waals surface area contributed by atoms with Crippen LogP contribution in [0.5, 0.6) is 5.75 Å². The van der Waals surface area contributed by atoms with E-state index in [-0.39, 0.29) is 29.2 Å². The van der Waals surface area contributed by atoms with Gasteiger partial charge in [0.1, 0.15) is 11.8 Å². The fourth-order valence-electron chi connectivity index (χ4n) is 3.88. The maximum Gasteiger partial charge on any atom is 0.266 e. The number of nitrogens with zero attached hydrogens (tertiary/aromatic N) is 5. The molecule has 5 rings (SSSR count). The van der Waals surface area contributed by atoms with Gasteiger partial charge in [0.2, 0.25) is 17.5 Å². The van der Waals surface area contributed by atoms with Crippen molar-refractivity contribution in [2.75, 3.05) is 23.3 Å². The summed E-state index contributed by atoms with van der Waals surface area (Å²) in [4.78, 5) is 27.5. The van der Waals surface area contributed by atoms with E-state index in [4.69, 9.17) is 8.83 Å². The Morgan fingerprint density at radius 3 is 2.65 bits per heavy atom. The normalized spacial score (nSPS) is 14.0. The van der Waals surface area contributed by atoms with Crippen molar-refractivity contribution in [2.24, 2.45) is 5.92 Å². The summed E-state index contributed by atoms with van der Waals surface area (Å²) < 4.78 is 11.1. The highest BCUT2D eigenvalue weighted by Gasteiger charge is 2.29. The predicted molar refractivity (Wildman–Crippen MR) is 122 cm³/mol. The highest BCUT2D eigenvalue weighted by molar-refractivity contribution is 5.92. The van der Waals surface area contributed by atoms with Crippen LogP contribution in [0.3, 0.4) is 0 Å². The minimum absolute atomic E-state index is 0.109. The topological polar surface area (TPSA) is 141 Å². The molecule has 34 heavy (non-hydrogen) atoms. The Bertz CT molecular complexity index is 1330. The van der Waals surface area contributed by atoms with Gasteiger partial charge in [-0.15, -0.1) is 0 Å². The van der Waals surface area contributed by atoms with Crippen LogP contribution in [0.1, 0.15) is 18.5 Å². The van der Waals surface area contributed by atoms with E-state index in [2.05, 4.69) is 26.3 Å². The van der Waals surface area contributed by atoms with E-state index >= 15 is 0 Å². The molecule has 0 radical (unpaired) electrons. The van der Waals surface area contributed by atoms with Crippen LogP contribution in [-0.4, -0.2) is 39.1 Å². The van der Waals surface area contributed by atoms with E-state index in [9.17, 15) is 15.2 Å². The zero-order chi connectivity index (χ0) is 23.5. The average molecular weight is 456 g/mol. The molecule has 10 nitrogen and oxygen atoms in total. The predicted octanol–water partition coefficient (Wildman–Crippen LogP) is 3.82. The molecule has 1 aliphatic heterocycles. The van der Waals surface area contributed by atoms with E-state index in [1.54, 1.807) is 48.8 Å². The molecule has 0 aliphatic carbocycles. The molecule has 1 amide bonds. The first kappa shape index (κ1) is 21.2. The van der Waals surface area contributed by atoms with Gasteiger partial charge in [-0.05, 0) is 37.1 Å². The van der Waals surface area contributed by atoms with Crippen LogP contribution in [0.4, 0.5) is 11.6 Å². The first-order valence-electron chi connectivity index (χ1n) is 10.7. The third-order valence-corrected chi connectivity index (χ3v) is 5.62.